The molecule has 0 spiro atoms. The van der Waals surface area contributed by atoms with E-state index in [1.165, 1.54) is 0 Å². The van der Waals surface area contributed by atoms with Gasteiger partial charge in [0.05, 0.1) is 17.4 Å². The van der Waals surface area contributed by atoms with Crippen LogP contribution in [0.15, 0.2) is 30.6 Å². The second kappa shape index (κ2) is 6.90. The van der Waals surface area contributed by atoms with E-state index in [0.29, 0.717) is 19.0 Å². The van der Waals surface area contributed by atoms with Crippen molar-refractivity contribution in [3.05, 3.63) is 30.6 Å². The highest BCUT2D eigenvalue weighted by Gasteiger charge is 2.32. The van der Waals surface area contributed by atoms with E-state index in [2.05, 4.69) is 15.6 Å². The largest absolute Gasteiger partial charge is 0.341 e. The zero-order valence-electron chi connectivity index (χ0n) is 14.6. The van der Waals surface area contributed by atoms with Crippen LogP contribution in [0.25, 0.3) is 11.0 Å². The van der Waals surface area contributed by atoms with E-state index in [4.69, 9.17) is 0 Å². The molecule has 3 amide bonds. The minimum Gasteiger partial charge on any atom is -0.341 e. The molecule has 0 aliphatic carbocycles. The standard InChI is InChI=1S/C19H22N4O3/c24-17-5-6-18(25)23(17)12-19(26)21-9-7-14(8-10-21)11-22-13-20-15-3-1-2-4-16(15)22/h1-4,13-14H,5-12H2. The van der Waals surface area contributed by atoms with E-state index in [1.54, 1.807) is 4.90 Å². The summed E-state index contributed by atoms with van der Waals surface area (Å²) in [7, 11) is 0. The van der Waals surface area contributed by atoms with Gasteiger partial charge in [-0.2, -0.15) is 0 Å². The molecule has 26 heavy (non-hydrogen) atoms. The van der Waals surface area contributed by atoms with Crippen molar-refractivity contribution < 1.29 is 14.4 Å². The van der Waals surface area contributed by atoms with Crippen LogP contribution in [-0.2, 0) is 20.9 Å². The third kappa shape index (κ3) is 3.21. The number of amides is 3. The maximum atomic E-state index is 12.4. The van der Waals surface area contributed by atoms with Crippen molar-refractivity contribution >= 4 is 28.8 Å². The third-order valence-electron chi connectivity index (χ3n) is 5.40. The average molecular weight is 354 g/mol. The number of carbonyl (C=O) groups is 3. The van der Waals surface area contributed by atoms with Crippen LogP contribution in [0.5, 0.6) is 0 Å². The summed E-state index contributed by atoms with van der Waals surface area (Å²) >= 11 is 0. The van der Waals surface area contributed by atoms with E-state index in [0.717, 1.165) is 35.3 Å². The molecule has 136 valence electrons. The number of aromatic nitrogens is 2. The Labute approximate surface area is 151 Å². The van der Waals surface area contributed by atoms with E-state index in [-0.39, 0.29) is 37.1 Å². The number of hydrogen-bond acceptors (Lipinski definition) is 4. The number of piperidine rings is 1. The SMILES string of the molecule is O=C(CN1C(=O)CCC1=O)N1CCC(Cn2cnc3ccccc32)CC1. The first-order valence-electron chi connectivity index (χ1n) is 9.12. The van der Waals surface area contributed by atoms with Gasteiger partial charge >= 0.3 is 0 Å². The Hall–Kier alpha value is -2.70. The number of imidazole rings is 1. The molecule has 3 heterocycles. The number of fused-ring (bicyclic) bond motifs is 1. The summed E-state index contributed by atoms with van der Waals surface area (Å²) in [6, 6.07) is 8.08. The van der Waals surface area contributed by atoms with Gasteiger partial charge in [0.2, 0.25) is 17.7 Å². The van der Waals surface area contributed by atoms with Crippen LogP contribution in [0, 0.1) is 5.92 Å². The molecule has 0 atom stereocenters. The molecule has 1 aromatic heterocycles. The van der Waals surface area contributed by atoms with Gasteiger partial charge in [-0.05, 0) is 30.9 Å². The first-order valence-corrected chi connectivity index (χ1v) is 9.12. The van der Waals surface area contributed by atoms with Gasteiger partial charge in [-0.3, -0.25) is 19.3 Å². The molecule has 1 aromatic carbocycles. The van der Waals surface area contributed by atoms with Crippen LogP contribution >= 0.6 is 0 Å². The number of para-hydroxylation sites is 2. The molecule has 7 nitrogen and oxygen atoms in total. The first-order chi connectivity index (χ1) is 12.6. The maximum absolute atomic E-state index is 12.4. The second-order valence-corrected chi connectivity index (χ2v) is 7.08. The molecule has 2 saturated heterocycles. The molecule has 0 N–H and O–H groups in total. The third-order valence-corrected chi connectivity index (χ3v) is 5.40. The first kappa shape index (κ1) is 16.8. The zero-order chi connectivity index (χ0) is 18.1. The lowest BCUT2D eigenvalue weighted by atomic mass is 9.96. The lowest BCUT2D eigenvalue weighted by Gasteiger charge is -2.33. The Morgan fingerprint density at radius 3 is 2.50 bits per heavy atom. The van der Waals surface area contributed by atoms with Crippen molar-refractivity contribution in [2.45, 2.75) is 32.2 Å². The molecule has 7 heteroatoms. The van der Waals surface area contributed by atoms with E-state index >= 15 is 0 Å². The van der Waals surface area contributed by atoms with Crippen molar-refractivity contribution in [2.24, 2.45) is 5.92 Å². The quantitative estimate of drug-likeness (QED) is 0.779. The second-order valence-electron chi connectivity index (χ2n) is 7.08. The van der Waals surface area contributed by atoms with Crippen LogP contribution in [0.1, 0.15) is 25.7 Å². The number of rotatable bonds is 4. The molecular weight excluding hydrogens is 332 g/mol. The number of imide groups is 1. The molecule has 2 aromatic rings. The molecular formula is C19H22N4O3. The van der Waals surface area contributed by atoms with Crippen molar-refractivity contribution in [1.29, 1.82) is 0 Å². The predicted molar refractivity (Wildman–Crippen MR) is 95.0 cm³/mol. The van der Waals surface area contributed by atoms with Crippen molar-refractivity contribution in [3.8, 4) is 0 Å². The van der Waals surface area contributed by atoms with Crippen molar-refractivity contribution in [3.63, 3.8) is 0 Å². The molecule has 2 fully saturated rings. The van der Waals surface area contributed by atoms with Gasteiger partial charge in [0.1, 0.15) is 6.54 Å². The minimum absolute atomic E-state index is 0.103. The van der Waals surface area contributed by atoms with Crippen LogP contribution in [-0.4, -0.2) is 56.7 Å². The summed E-state index contributed by atoms with van der Waals surface area (Å²) < 4.78 is 2.18. The number of carbonyl (C=O) groups excluding carboxylic acids is 3. The highest BCUT2D eigenvalue weighted by atomic mass is 16.2. The van der Waals surface area contributed by atoms with Gasteiger partial charge in [-0.15, -0.1) is 0 Å². The predicted octanol–water partition coefficient (Wildman–Crippen LogP) is 1.42. The van der Waals surface area contributed by atoms with E-state index < -0.39 is 0 Å². The van der Waals surface area contributed by atoms with E-state index in [1.807, 2.05) is 24.5 Å². The summed E-state index contributed by atoms with van der Waals surface area (Å²) in [4.78, 5) is 43.0. The van der Waals surface area contributed by atoms with Gasteiger partial charge in [-0.1, -0.05) is 12.1 Å². The highest BCUT2D eigenvalue weighted by molar-refractivity contribution is 6.04. The normalized spacial score (nSPS) is 18.9. The topological polar surface area (TPSA) is 75.5 Å². The molecule has 0 radical (unpaired) electrons. The van der Waals surface area contributed by atoms with E-state index in [9.17, 15) is 14.4 Å². The summed E-state index contributed by atoms with van der Waals surface area (Å²) in [6.07, 6.45) is 4.17. The number of nitrogens with zero attached hydrogens (tertiary/aromatic N) is 4. The lowest BCUT2D eigenvalue weighted by molar-refractivity contribution is -0.146. The fourth-order valence-corrected chi connectivity index (χ4v) is 3.83. The van der Waals surface area contributed by atoms with Gasteiger partial charge < -0.3 is 9.47 Å². The molecule has 2 aliphatic rings. The Morgan fingerprint density at radius 1 is 1.08 bits per heavy atom. The van der Waals surface area contributed by atoms with Crippen LogP contribution < -0.4 is 0 Å². The van der Waals surface area contributed by atoms with Crippen LogP contribution in [0.4, 0.5) is 0 Å². The molecule has 0 bridgehead atoms. The summed E-state index contributed by atoms with van der Waals surface area (Å²) in [5, 5.41) is 0. The zero-order valence-corrected chi connectivity index (χ0v) is 14.6. The molecule has 0 unspecified atom stereocenters. The fraction of sp³-hybridized carbons (Fsp3) is 0.474. The Balaban J connectivity index is 1.32. The Bertz CT molecular complexity index is 835. The Morgan fingerprint density at radius 2 is 1.77 bits per heavy atom. The fourth-order valence-electron chi connectivity index (χ4n) is 3.83. The summed E-state index contributed by atoms with van der Waals surface area (Å²) in [5.41, 5.74) is 2.14. The lowest BCUT2D eigenvalue weighted by Crippen LogP contribution is -2.45. The summed E-state index contributed by atoms with van der Waals surface area (Å²) in [6.45, 7) is 2.14. The molecule has 2 aliphatic heterocycles. The number of benzene rings is 1. The van der Waals surface area contributed by atoms with Gasteiger partial charge in [0.15, 0.2) is 0 Å². The average Bonchev–Trinajstić information content (AvgIpc) is 3.21. The van der Waals surface area contributed by atoms with Crippen molar-refractivity contribution in [1.82, 2.24) is 19.4 Å². The number of likely N-dealkylation sites (tertiary alicyclic amines) is 2. The van der Waals surface area contributed by atoms with Gasteiger partial charge in [0, 0.05) is 32.5 Å². The summed E-state index contributed by atoms with van der Waals surface area (Å²) in [5.74, 6) is -0.0951. The number of hydrogen-bond donors (Lipinski definition) is 0. The van der Waals surface area contributed by atoms with Gasteiger partial charge in [0.25, 0.3) is 0 Å². The van der Waals surface area contributed by atoms with Crippen LogP contribution in [0.3, 0.4) is 0 Å². The Kier molecular flexibility index (Phi) is 4.44. The van der Waals surface area contributed by atoms with Crippen LogP contribution in [0.2, 0.25) is 0 Å². The molecule has 0 saturated carbocycles. The maximum Gasteiger partial charge on any atom is 0.242 e. The minimum atomic E-state index is -0.231. The highest BCUT2D eigenvalue weighted by Crippen LogP contribution is 2.22. The van der Waals surface area contributed by atoms with Gasteiger partial charge in [-0.25, -0.2) is 4.98 Å². The smallest absolute Gasteiger partial charge is 0.242 e. The molecule has 4 rings (SSSR count). The monoisotopic (exact) mass is 354 g/mol. The van der Waals surface area contributed by atoms with Crippen molar-refractivity contribution in [2.75, 3.05) is 19.6 Å².